The maximum Gasteiger partial charge on any atom is 0.305 e. The second-order valence-corrected chi connectivity index (χ2v) is 6.72. The molecule has 0 heterocycles. The van der Waals surface area contributed by atoms with Gasteiger partial charge < -0.3 is 9.84 Å². The Hall–Kier alpha value is -1.16. The average Bonchev–Trinajstić information content (AvgIpc) is 2.70. The van der Waals surface area contributed by atoms with Crippen molar-refractivity contribution < 1.29 is 19.4 Å². The van der Waals surface area contributed by atoms with Gasteiger partial charge in [0.15, 0.2) is 5.78 Å². The van der Waals surface area contributed by atoms with Gasteiger partial charge in [0, 0.05) is 6.42 Å². The van der Waals surface area contributed by atoms with Gasteiger partial charge >= 0.3 is 5.97 Å². The maximum atomic E-state index is 12.4. The molecule has 0 saturated heterocycles. The Morgan fingerprint density at radius 3 is 2.43 bits per heavy atom. The number of carbonyl (C=O) groups is 2. The first-order valence-electron chi connectivity index (χ1n) is 8.89. The summed E-state index contributed by atoms with van der Waals surface area (Å²) in [6.45, 7) is 5.84. The lowest BCUT2D eigenvalue weighted by atomic mass is 9.79. The number of ketones is 1. The first kappa shape index (κ1) is 19.9. The Kier molecular flexibility index (Phi) is 7.97. The molecule has 0 fully saturated rings. The summed E-state index contributed by atoms with van der Waals surface area (Å²) in [4.78, 5) is 23.5. The fourth-order valence-electron chi connectivity index (χ4n) is 3.51. The number of hydrogen-bond donors (Lipinski definition) is 1. The molecule has 1 rings (SSSR count). The van der Waals surface area contributed by atoms with Crippen LogP contribution < -0.4 is 0 Å². The van der Waals surface area contributed by atoms with E-state index in [9.17, 15) is 14.7 Å². The largest absolute Gasteiger partial charge is 0.469 e. The molecule has 4 heteroatoms. The van der Waals surface area contributed by atoms with E-state index in [1.54, 1.807) is 0 Å². The number of unbranched alkanes of at least 4 members (excludes halogenated alkanes) is 4. The summed E-state index contributed by atoms with van der Waals surface area (Å²) in [7, 11) is 1.41. The summed E-state index contributed by atoms with van der Waals surface area (Å²) in [6, 6.07) is 0. The summed E-state index contributed by atoms with van der Waals surface area (Å²) in [5.41, 5.74) is 0.649. The predicted octanol–water partition coefficient (Wildman–Crippen LogP) is 3.96. The smallest absolute Gasteiger partial charge is 0.305 e. The minimum absolute atomic E-state index is 0.129. The fraction of sp³-hybridized carbons (Fsp3) is 0.789. The van der Waals surface area contributed by atoms with Gasteiger partial charge in [-0.05, 0) is 44.3 Å². The van der Waals surface area contributed by atoms with Gasteiger partial charge in [0.2, 0.25) is 0 Å². The zero-order valence-corrected chi connectivity index (χ0v) is 15.1. The first-order chi connectivity index (χ1) is 10.9. The second kappa shape index (κ2) is 9.21. The van der Waals surface area contributed by atoms with Crippen LogP contribution in [0.25, 0.3) is 0 Å². The zero-order valence-electron chi connectivity index (χ0n) is 15.1. The Morgan fingerprint density at radius 2 is 1.83 bits per heavy atom. The number of aliphatic hydroxyl groups is 1. The SMILES string of the molecule is CCCC[C@H]1C(=O)C(C)=C(C)[C@@]1(O)CCCCCCC(=O)OC. The summed E-state index contributed by atoms with van der Waals surface area (Å²) < 4.78 is 4.62. The van der Waals surface area contributed by atoms with Gasteiger partial charge in [-0.1, -0.05) is 39.0 Å². The van der Waals surface area contributed by atoms with Crippen molar-refractivity contribution in [2.75, 3.05) is 7.11 Å². The van der Waals surface area contributed by atoms with E-state index in [4.69, 9.17) is 0 Å². The monoisotopic (exact) mass is 324 g/mol. The van der Waals surface area contributed by atoms with Crippen LogP contribution in [0.2, 0.25) is 0 Å². The van der Waals surface area contributed by atoms with Crippen LogP contribution in [0, 0.1) is 5.92 Å². The van der Waals surface area contributed by atoms with Crippen LogP contribution in [0.5, 0.6) is 0 Å². The molecular formula is C19H32O4. The van der Waals surface area contributed by atoms with Crippen molar-refractivity contribution >= 4 is 11.8 Å². The lowest BCUT2D eigenvalue weighted by Crippen LogP contribution is -2.38. The van der Waals surface area contributed by atoms with E-state index in [1.807, 2.05) is 13.8 Å². The van der Waals surface area contributed by atoms with Crippen molar-refractivity contribution in [3.63, 3.8) is 0 Å². The van der Waals surface area contributed by atoms with E-state index >= 15 is 0 Å². The zero-order chi connectivity index (χ0) is 17.5. The molecular weight excluding hydrogens is 292 g/mol. The van der Waals surface area contributed by atoms with Crippen molar-refractivity contribution in [3.05, 3.63) is 11.1 Å². The number of Topliss-reactive ketones (excluding diaryl/α,β-unsaturated/α-hetero) is 1. The molecule has 2 atom stereocenters. The minimum atomic E-state index is -0.960. The second-order valence-electron chi connectivity index (χ2n) is 6.72. The highest BCUT2D eigenvalue weighted by Crippen LogP contribution is 2.43. The van der Waals surface area contributed by atoms with Crippen LogP contribution in [0.1, 0.15) is 78.6 Å². The van der Waals surface area contributed by atoms with E-state index in [0.29, 0.717) is 12.8 Å². The van der Waals surface area contributed by atoms with Crippen molar-refractivity contribution in [1.29, 1.82) is 0 Å². The fourth-order valence-corrected chi connectivity index (χ4v) is 3.51. The molecule has 23 heavy (non-hydrogen) atoms. The Bertz CT molecular complexity index is 452. The molecule has 0 unspecified atom stereocenters. The number of esters is 1. The highest BCUT2D eigenvalue weighted by Gasteiger charge is 2.48. The third kappa shape index (κ3) is 4.90. The van der Waals surface area contributed by atoms with Gasteiger partial charge in [0.25, 0.3) is 0 Å². The molecule has 0 aromatic heterocycles. The number of ether oxygens (including phenoxy) is 1. The van der Waals surface area contributed by atoms with Crippen LogP contribution in [0.4, 0.5) is 0 Å². The van der Waals surface area contributed by atoms with Crippen LogP contribution in [-0.4, -0.2) is 29.6 Å². The number of hydrogen-bond acceptors (Lipinski definition) is 4. The molecule has 0 amide bonds. The summed E-state index contributed by atoms with van der Waals surface area (Å²) in [6.07, 6.45) is 7.45. The van der Waals surface area contributed by atoms with Crippen LogP contribution in [0.15, 0.2) is 11.1 Å². The first-order valence-corrected chi connectivity index (χ1v) is 8.89. The summed E-state index contributed by atoms with van der Waals surface area (Å²) in [5.74, 6) is -0.305. The maximum absolute atomic E-state index is 12.4. The molecule has 1 N–H and O–H groups in total. The highest BCUT2D eigenvalue weighted by atomic mass is 16.5. The molecule has 0 aromatic rings. The van der Waals surface area contributed by atoms with Crippen LogP contribution >= 0.6 is 0 Å². The van der Waals surface area contributed by atoms with E-state index < -0.39 is 5.60 Å². The number of carbonyl (C=O) groups excluding carboxylic acids is 2. The van der Waals surface area contributed by atoms with Crippen LogP contribution in [0.3, 0.4) is 0 Å². The van der Waals surface area contributed by atoms with Crippen molar-refractivity contribution in [2.45, 2.75) is 84.2 Å². The quantitative estimate of drug-likeness (QED) is 0.488. The van der Waals surface area contributed by atoms with E-state index in [2.05, 4.69) is 11.7 Å². The number of rotatable bonds is 10. The lowest BCUT2D eigenvalue weighted by molar-refractivity contribution is -0.140. The Morgan fingerprint density at radius 1 is 1.17 bits per heavy atom. The van der Waals surface area contributed by atoms with Crippen LogP contribution in [-0.2, 0) is 14.3 Å². The van der Waals surface area contributed by atoms with Gasteiger partial charge in [0.1, 0.15) is 0 Å². The molecule has 0 radical (unpaired) electrons. The third-order valence-corrected chi connectivity index (χ3v) is 5.24. The Balaban J connectivity index is 2.50. The van der Waals surface area contributed by atoms with Gasteiger partial charge in [-0.2, -0.15) is 0 Å². The van der Waals surface area contributed by atoms with E-state index in [-0.39, 0.29) is 17.7 Å². The highest BCUT2D eigenvalue weighted by molar-refractivity contribution is 6.01. The molecule has 132 valence electrons. The summed E-state index contributed by atoms with van der Waals surface area (Å²) >= 11 is 0. The van der Waals surface area contributed by atoms with Gasteiger partial charge in [0.05, 0.1) is 18.6 Å². The third-order valence-electron chi connectivity index (χ3n) is 5.24. The molecule has 0 saturated carbocycles. The molecule has 1 aliphatic carbocycles. The number of methoxy groups -OCH3 is 1. The normalized spacial score (nSPS) is 24.4. The topological polar surface area (TPSA) is 63.6 Å². The predicted molar refractivity (Wildman–Crippen MR) is 91.1 cm³/mol. The van der Waals surface area contributed by atoms with Gasteiger partial charge in [-0.25, -0.2) is 0 Å². The molecule has 0 bridgehead atoms. The number of allylic oxidation sites excluding steroid dienone is 1. The van der Waals surface area contributed by atoms with Crippen molar-refractivity contribution in [2.24, 2.45) is 5.92 Å². The van der Waals surface area contributed by atoms with Crippen molar-refractivity contribution in [3.8, 4) is 0 Å². The van der Waals surface area contributed by atoms with E-state index in [1.165, 1.54) is 7.11 Å². The van der Waals surface area contributed by atoms with Crippen molar-refractivity contribution in [1.82, 2.24) is 0 Å². The molecule has 0 aliphatic heterocycles. The Labute approximate surface area is 140 Å². The molecule has 1 aliphatic rings. The molecule has 0 aromatic carbocycles. The van der Waals surface area contributed by atoms with Gasteiger partial charge in [-0.3, -0.25) is 9.59 Å². The van der Waals surface area contributed by atoms with E-state index in [0.717, 1.165) is 56.1 Å². The standard InChI is InChI=1S/C19H32O4/c1-5-6-11-16-18(21)14(2)15(3)19(16,22)13-10-8-7-9-12-17(20)23-4/h16,22H,5-13H2,1-4H3/t16-,19-/m0/s1. The molecule has 4 nitrogen and oxygen atoms in total. The lowest BCUT2D eigenvalue weighted by Gasteiger charge is -2.31. The minimum Gasteiger partial charge on any atom is -0.469 e. The average molecular weight is 324 g/mol. The summed E-state index contributed by atoms with van der Waals surface area (Å²) in [5, 5.41) is 11.1. The van der Waals surface area contributed by atoms with Gasteiger partial charge in [-0.15, -0.1) is 0 Å². The molecule has 0 spiro atoms.